The molecule has 1 atom stereocenters. The number of benzene rings is 1. The third kappa shape index (κ3) is 3.64. The van der Waals surface area contributed by atoms with E-state index in [1.165, 1.54) is 0 Å². The van der Waals surface area contributed by atoms with Crippen LogP contribution in [0, 0.1) is 0 Å². The summed E-state index contributed by atoms with van der Waals surface area (Å²) in [5.74, 6) is 6.64. The first kappa shape index (κ1) is 16.0. The van der Waals surface area contributed by atoms with Gasteiger partial charge in [0.15, 0.2) is 0 Å². The van der Waals surface area contributed by atoms with Crippen molar-refractivity contribution in [3.05, 3.63) is 45.7 Å². The Hall–Kier alpha value is -1.37. The Bertz CT molecular complexity index is 612. The third-order valence-electron chi connectivity index (χ3n) is 3.52. The van der Waals surface area contributed by atoms with E-state index in [4.69, 9.17) is 10.6 Å². The highest BCUT2D eigenvalue weighted by Gasteiger charge is 2.19. The number of hydrazine groups is 1. The van der Waals surface area contributed by atoms with Gasteiger partial charge >= 0.3 is 0 Å². The first-order valence-electron chi connectivity index (χ1n) is 6.90. The minimum absolute atomic E-state index is 0.00292. The predicted molar refractivity (Wildman–Crippen MR) is 87.0 cm³/mol. The van der Waals surface area contributed by atoms with Crippen LogP contribution in [0.1, 0.15) is 29.8 Å². The molecule has 0 saturated carbocycles. The maximum Gasteiger partial charge on any atom is 0.122 e. The Morgan fingerprint density at radius 2 is 2.24 bits per heavy atom. The quantitative estimate of drug-likeness (QED) is 0.619. The summed E-state index contributed by atoms with van der Waals surface area (Å²) in [6.45, 7) is 2.10. The van der Waals surface area contributed by atoms with Crippen molar-refractivity contribution in [1.29, 1.82) is 0 Å². The average molecular weight is 353 g/mol. The fourth-order valence-electron chi connectivity index (χ4n) is 2.50. The normalized spacial score (nSPS) is 12.4. The first-order valence-corrected chi connectivity index (χ1v) is 7.69. The highest BCUT2D eigenvalue weighted by atomic mass is 79.9. The molecule has 5 nitrogen and oxygen atoms in total. The smallest absolute Gasteiger partial charge is 0.122 e. The molecule has 0 fully saturated rings. The molecule has 0 amide bonds. The molecule has 1 aromatic heterocycles. The predicted octanol–water partition coefficient (Wildman–Crippen LogP) is 2.50. The second-order valence-electron chi connectivity index (χ2n) is 4.94. The van der Waals surface area contributed by atoms with Gasteiger partial charge in [-0.15, -0.1) is 0 Å². The van der Waals surface area contributed by atoms with Crippen LogP contribution in [0.4, 0.5) is 0 Å². The SMILES string of the molecule is CCc1nn(C)cc1C(Cc1cc(Br)ccc1OC)NN. The fourth-order valence-corrected chi connectivity index (χ4v) is 2.91. The number of aryl methyl sites for hydroxylation is 2. The van der Waals surface area contributed by atoms with Crippen molar-refractivity contribution in [2.24, 2.45) is 12.9 Å². The number of ether oxygens (including phenoxy) is 1. The van der Waals surface area contributed by atoms with Gasteiger partial charge in [-0.3, -0.25) is 16.0 Å². The number of halogens is 1. The fraction of sp³-hybridized carbons (Fsp3) is 0.400. The van der Waals surface area contributed by atoms with Crippen LogP contribution < -0.4 is 16.0 Å². The molecule has 0 saturated heterocycles. The lowest BCUT2D eigenvalue weighted by atomic mass is 9.98. The van der Waals surface area contributed by atoms with Crippen LogP contribution in [-0.2, 0) is 19.9 Å². The van der Waals surface area contributed by atoms with E-state index in [-0.39, 0.29) is 6.04 Å². The summed E-state index contributed by atoms with van der Waals surface area (Å²) < 4.78 is 8.29. The summed E-state index contributed by atoms with van der Waals surface area (Å²) in [7, 11) is 3.61. The molecule has 0 radical (unpaired) electrons. The van der Waals surface area contributed by atoms with E-state index in [1.807, 2.05) is 30.1 Å². The zero-order valence-electron chi connectivity index (χ0n) is 12.6. The van der Waals surface area contributed by atoms with Crippen molar-refractivity contribution in [2.75, 3.05) is 7.11 Å². The number of hydrogen-bond acceptors (Lipinski definition) is 4. The van der Waals surface area contributed by atoms with E-state index < -0.39 is 0 Å². The maximum atomic E-state index is 5.78. The van der Waals surface area contributed by atoms with Gasteiger partial charge < -0.3 is 4.74 Å². The Morgan fingerprint density at radius 3 is 2.86 bits per heavy atom. The zero-order valence-corrected chi connectivity index (χ0v) is 14.1. The molecule has 0 aliphatic heterocycles. The lowest BCUT2D eigenvalue weighted by Crippen LogP contribution is -2.30. The minimum atomic E-state index is -0.00292. The van der Waals surface area contributed by atoms with E-state index in [0.717, 1.165) is 39.9 Å². The summed E-state index contributed by atoms with van der Waals surface area (Å²) in [6, 6.07) is 5.98. The zero-order chi connectivity index (χ0) is 15.4. The Morgan fingerprint density at radius 1 is 1.48 bits per heavy atom. The lowest BCUT2D eigenvalue weighted by Gasteiger charge is -2.18. The second kappa shape index (κ2) is 7.06. The molecule has 1 aromatic carbocycles. The van der Waals surface area contributed by atoms with Crippen LogP contribution >= 0.6 is 15.9 Å². The molecular weight excluding hydrogens is 332 g/mol. The summed E-state index contributed by atoms with van der Waals surface area (Å²) in [5, 5.41) is 4.48. The molecule has 6 heteroatoms. The van der Waals surface area contributed by atoms with Crippen molar-refractivity contribution < 1.29 is 4.74 Å². The van der Waals surface area contributed by atoms with Gasteiger partial charge in [-0.25, -0.2) is 0 Å². The molecule has 0 aliphatic carbocycles. The van der Waals surface area contributed by atoms with Crippen molar-refractivity contribution in [3.8, 4) is 5.75 Å². The first-order chi connectivity index (χ1) is 10.1. The molecular formula is C15H21BrN4O. The van der Waals surface area contributed by atoms with Gasteiger partial charge in [-0.1, -0.05) is 22.9 Å². The van der Waals surface area contributed by atoms with Crippen LogP contribution in [-0.4, -0.2) is 16.9 Å². The van der Waals surface area contributed by atoms with Crippen molar-refractivity contribution >= 4 is 15.9 Å². The van der Waals surface area contributed by atoms with Gasteiger partial charge in [0.1, 0.15) is 5.75 Å². The standard InChI is InChI=1S/C15H21BrN4O/c1-4-13-12(9-20(2)19-13)14(18-17)8-10-7-11(16)5-6-15(10)21-3/h5-7,9,14,18H,4,8,17H2,1-3H3. The number of methoxy groups -OCH3 is 1. The minimum Gasteiger partial charge on any atom is -0.496 e. The maximum absolute atomic E-state index is 5.78. The molecule has 0 aliphatic rings. The number of aromatic nitrogens is 2. The monoisotopic (exact) mass is 352 g/mol. The molecule has 1 heterocycles. The van der Waals surface area contributed by atoms with Gasteiger partial charge in [0.2, 0.25) is 0 Å². The van der Waals surface area contributed by atoms with Gasteiger partial charge in [-0.05, 0) is 36.6 Å². The van der Waals surface area contributed by atoms with Crippen LogP contribution in [0.2, 0.25) is 0 Å². The van der Waals surface area contributed by atoms with Gasteiger partial charge in [0.25, 0.3) is 0 Å². The van der Waals surface area contributed by atoms with E-state index in [0.29, 0.717) is 0 Å². The van der Waals surface area contributed by atoms with E-state index >= 15 is 0 Å². The van der Waals surface area contributed by atoms with E-state index in [1.54, 1.807) is 7.11 Å². The molecule has 2 aromatic rings. The van der Waals surface area contributed by atoms with E-state index in [9.17, 15) is 0 Å². The number of nitrogens with one attached hydrogen (secondary N) is 1. The summed E-state index contributed by atoms with van der Waals surface area (Å²) in [5.41, 5.74) is 6.19. The van der Waals surface area contributed by atoms with Crippen molar-refractivity contribution in [1.82, 2.24) is 15.2 Å². The van der Waals surface area contributed by atoms with Gasteiger partial charge in [0, 0.05) is 23.3 Å². The van der Waals surface area contributed by atoms with Crippen molar-refractivity contribution in [2.45, 2.75) is 25.8 Å². The summed E-state index contributed by atoms with van der Waals surface area (Å²) in [4.78, 5) is 0. The summed E-state index contributed by atoms with van der Waals surface area (Å²) >= 11 is 3.50. The van der Waals surface area contributed by atoms with Crippen LogP contribution in [0.5, 0.6) is 5.75 Å². The van der Waals surface area contributed by atoms with Gasteiger partial charge in [-0.2, -0.15) is 5.10 Å². The number of rotatable bonds is 6. The molecule has 21 heavy (non-hydrogen) atoms. The molecule has 0 bridgehead atoms. The molecule has 114 valence electrons. The third-order valence-corrected chi connectivity index (χ3v) is 4.01. The Kier molecular flexibility index (Phi) is 5.39. The average Bonchev–Trinajstić information content (AvgIpc) is 2.86. The van der Waals surface area contributed by atoms with Crippen LogP contribution in [0.3, 0.4) is 0 Å². The molecule has 1 unspecified atom stereocenters. The van der Waals surface area contributed by atoms with Crippen LogP contribution in [0.15, 0.2) is 28.9 Å². The Labute approximate surface area is 133 Å². The molecule has 3 N–H and O–H groups in total. The van der Waals surface area contributed by atoms with Crippen LogP contribution in [0.25, 0.3) is 0 Å². The van der Waals surface area contributed by atoms with Gasteiger partial charge in [0.05, 0.1) is 18.8 Å². The molecule has 0 spiro atoms. The lowest BCUT2D eigenvalue weighted by molar-refractivity contribution is 0.405. The topological polar surface area (TPSA) is 65.1 Å². The number of hydrogen-bond donors (Lipinski definition) is 2. The second-order valence-corrected chi connectivity index (χ2v) is 5.85. The Balaban J connectivity index is 2.33. The highest BCUT2D eigenvalue weighted by Crippen LogP contribution is 2.28. The number of nitrogens with two attached hydrogens (primary N) is 1. The van der Waals surface area contributed by atoms with Crippen molar-refractivity contribution in [3.63, 3.8) is 0 Å². The summed E-state index contributed by atoms with van der Waals surface area (Å²) in [6.07, 6.45) is 3.63. The largest absolute Gasteiger partial charge is 0.496 e. The molecule has 2 rings (SSSR count). The highest BCUT2D eigenvalue weighted by molar-refractivity contribution is 9.10. The number of nitrogens with zero attached hydrogens (tertiary/aromatic N) is 2. The van der Waals surface area contributed by atoms with E-state index in [2.05, 4.69) is 39.4 Å².